The zero-order chi connectivity index (χ0) is 15.2. The van der Waals surface area contributed by atoms with E-state index < -0.39 is 0 Å². The fourth-order valence-corrected chi connectivity index (χ4v) is 2.10. The molecule has 21 heavy (non-hydrogen) atoms. The van der Waals surface area contributed by atoms with Crippen LogP contribution in [0.1, 0.15) is 34.5 Å². The minimum atomic E-state index is -0.103. The highest BCUT2D eigenvalue weighted by atomic mass is 16.5. The van der Waals surface area contributed by atoms with Crippen molar-refractivity contribution in [2.24, 2.45) is 5.73 Å². The number of hydrogen-bond donors (Lipinski definition) is 2. The van der Waals surface area contributed by atoms with Crippen molar-refractivity contribution in [3.05, 3.63) is 65.2 Å². The molecule has 0 spiro atoms. The van der Waals surface area contributed by atoms with Crippen molar-refractivity contribution < 1.29 is 9.53 Å². The van der Waals surface area contributed by atoms with Gasteiger partial charge < -0.3 is 15.8 Å². The molecule has 0 aliphatic rings. The van der Waals surface area contributed by atoms with Gasteiger partial charge in [0.05, 0.1) is 13.2 Å². The second kappa shape index (κ2) is 6.90. The number of hydrogen-bond acceptors (Lipinski definition) is 3. The largest absolute Gasteiger partial charge is 0.497 e. The standard InChI is InChI=1S/C17H20N2O2/c1-12(14-6-8-16(21-2)9-7-14)19-17(20)15-5-3-4-13(10-15)11-18/h3-10,12H,11,18H2,1-2H3,(H,19,20). The minimum absolute atomic E-state index is 0.0788. The highest BCUT2D eigenvalue weighted by Gasteiger charge is 2.11. The molecule has 1 amide bonds. The number of ether oxygens (including phenoxy) is 1. The molecule has 0 saturated heterocycles. The van der Waals surface area contributed by atoms with E-state index >= 15 is 0 Å². The van der Waals surface area contributed by atoms with Gasteiger partial charge in [0.25, 0.3) is 5.91 Å². The van der Waals surface area contributed by atoms with Crippen molar-refractivity contribution >= 4 is 5.91 Å². The normalized spacial score (nSPS) is 11.8. The molecular weight excluding hydrogens is 264 g/mol. The first-order chi connectivity index (χ1) is 10.1. The molecule has 0 bridgehead atoms. The Morgan fingerprint density at radius 1 is 1.24 bits per heavy atom. The molecular formula is C17H20N2O2. The summed E-state index contributed by atoms with van der Waals surface area (Å²) >= 11 is 0. The van der Waals surface area contributed by atoms with Crippen molar-refractivity contribution in [2.75, 3.05) is 7.11 Å². The summed E-state index contributed by atoms with van der Waals surface area (Å²) in [5, 5.41) is 2.98. The molecule has 1 unspecified atom stereocenters. The summed E-state index contributed by atoms with van der Waals surface area (Å²) in [7, 11) is 1.63. The van der Waals surface area contributed by atoms with Crippen LogP contribution in [0, 0.1) is 0 Å². The molecule has 2 aromatic carbocycles. The van der Waals surface area contributed by atoms with Gasteiger partial charge in [-0.3, -0.25) is 4.79 Å². The number of amides is 1. The summed E-state index contributed by atoms with van der Waals surface area (Å²) in [6.07, 6.45) is 0. The number of methoxy groups -OCH3 is 1. The summed E-state index contributed by atoms with van der Waals surface area (Å²) in [5.74, 6) is 0.696. The van der Waals surface area contributed by atoms with E-state index in [0.29, 0.717) is 12.1 Å². The van der Waals surface area contributed by atoms with Gasteiger partial charge >= 0.3 is 0 Å². The van der Waals surface area contributed by atoms with Crippen molar-refractivity contribution in [3.8, 4) is 5.75 Å². The average molecular weight is 284 g/mol. The number of carbonyl (C=O) groups is 1. The lowest BCUT2D eigenvalue weighted by Gasteiger charge is -2.15. The van der Waals surface area contributed by atoms with Crippen LogP contribution in [0.15, 0.2) is 48.5 Å². The topological polar surface area (TPSA) is 64.3 Å². The molecule has 1 atom stereocenters. The van der Waals surface area contributed by atoms with E-state index in [4.69, 9.17) is 10.5 Å². The number of carbonyl (C=O) groups excluding carboxylic acids is 1. The fraction of sp³-hybridized carbons (Fsp3) is 0.235. The van der Waals surface area contributed by atoms with E-state index in [2.05, 4.69) is 5.32 Å². The molecule has 0 aromatic heterocycles. The van der Waals surface area contributed by atoms with Gasteiger partial charge in [-0.1, -0.05) is 24.3 Å². The average Bonchev–Trinajstić information content (AvgIpc) is 2.54. The number of nitrogens with two attached hydrogens (primary N) is 1. The Bertz CT molecular complexity index is 608. The molecule has 110 valence electrons. The van der Waals surface area contributed by atoms with E-state index in [1.807, 2.05) is 49.4 Å². The molecule has 0 fully saturated rings. The maximum Gasteiger partial charge on any atom is 0.251 e. The van der Waals surface area contributed by atoms with Gasteiger partial charge in [-0.05, 0) is 42.3 Å². The smallest absolute Gasteiger partial charge is 0.251 e. The van der Waals surface area contributed by atoms with Gasteiger partial charge in [-0.15, -0.1) is 0 Å². The Morgan fingerprint density at radius 3 is 2.57 bits per heavy atom. The maximum absolute atomic E-state index is 12.2. The first-order valence-electron chi connectivity index (χ1n) is 6.88. The molecule has 0 heterocycles. The van der Waals surface area contributed by atoms with Crippen molar-refractivity contribution in [1.82, 2.24) is 5.32 Å². The van der Waals surface area contributed by atoms with Gasteiger partial charge in [-0.2, -0.15) is 0 Å². The summed E-state index contributed by atoms with van der Waals surface area (Å²) in [5.41, 5.74) is 8.19. The van der Waals surface area contributed by atoms with E-state index in [-0.39, 0.29) is 11.9 Å². The molecule has 0 radical (unpaired) electrons. The van der Waals surface area contributed by atoms with Crippen LogP contribution in [0.5, 0.6) is 5.75 Å². The minimum Gasteiger partial charge on any atom is -0.497 e. The third-order valence-corrected chi connectivity index (χ3v) is 3.39. The van der Waals surface area contributed by atoms with Crippen molar-refractivity contribution in [3.63, 3.8) is 0 Å². The Kier molecular flexibility index (Phi) is 4.95. The molecule has 2 aromatic rings. The van der Waals surface area contributed by atoms with Gasteiger partial charge in [0.1, 0.15) is 5.75 Å². The quantitative estimate of drug-likeness (QED) is 0.887. The Balaban J connectivity index is 2.06. The Hall–Kier alpha value is -2.33. The lowest BCUT2D eigenvalue weighted by atomic mass is 10.1. The maximum atomic E-state index is 12.2. The third-order valence-electron chi connectivity index (χ3n) is 3.39. The second-order valence-corrected chi connectivity index (χ2v) is 4.87. The summed E-state index contributed by atoms with van der Waals surface area (Å²) in [4.78, 5) is 12.2. The van der Waals surface area contributed by atoms with Crippen LogP contribution in [0.2, 0.25) is 0 Å². The molecule has 0 aliphatic carbocycles. The first-order valence-corrected chi connectivity index (χ1v) is 6.88. The van der Waals surface area contributed by atoms with Gasteiger partial charge in [0.2, 0.25) is 0 Å². The number of rotatable bonds is 5. The lowest BCUT2D eigenvalue weighted by molar-refractivity contribution is 0.0940. The fourth-order valence-electron chi connectivity index (χ4n) is 2.10. The van der Waals surface area contributed by atoms with Crippen molar-refractivity contribution in [2.45, 2.75) is 19.5 Å². The SMILES string of the molecule is COc1ccc(C(C)NC(=O)c2cccc(CN)c2)cc1. The van der Waals surface area contributed by atoms with Crippen LogP contribution in [-0.2, 0) is 6.54 Å². The van der Waals surface area contributed by atoms with E-state index in [0.717, 1.165) is 16.9 Å². The van der Waals surface area contributed by atoms with Crippen LogP contribution in [-0.4, -0.2) is 13.0 Å². The Morgan fingerprint density at radius 2 is 1.95 bits per heavy atom. The Labute approximate surface area is 124 Å². The van der Waals surface area contributed by atoms with Gasteiger partial charge in [0, 0.05) is 12.1 Å². The molecule has 4 heteroatoms. The number of nitrogens with one attached hydrogen (secondary N) is 1. The van der Waals surface area contributed by atoms with Crippen LogP contribution < -0.4 is 15.8 Å². The monoisotopic (exact) mass is 284 g/mol. The third kappa shape index (κ3) is 3.83. The molecule has 4 nitrogen and oxygen atoms in total. The summed E-state index contributed by atoms with van der Waals surface area (Å²) < 4.78 is 5.13. The zero-order valence-electron chi connectivity index (χ0n) is 12.3. The number of benzene rings is 2. The lowest BCUT2D eigenvalue weighted by Crippen LogP contribution is -2.26. The highest BCUT2D eigenvalue weighted by Crippen LogP contribution is 2.17. The van der Waals surface area contributed by atoms with Crippen LogP contribution in [0.3, 0.4) is 0 Å². The predicted octanol–water partition coefficient (Wildman–Crippen LogP) is 2.64. The molecule has 2 rings (SSSR count). The van der Waals surface area contributed by atoms with Crippen LogP contribution in [0.25, 0.3) is 0 Å². The van der Waals surface area contributed by atoms with Gasteiger partial charge in [0.15, 0.2) is 0 Å². The summed E-state index contributed by atoms with van der Waals surface area (Å²) in [6, 6.07) is 14.9. The van der Waals surface area contributed by atoms with Crippen LogP contribution >= 0.6 is 0 Å². The van der Waals surface area contributed by atoms with E-state index in [9.17, 15) is 4.79 Å². The molecule has 0 saturated carbocycles. The van der Waals surface area contributed by atoms with Gasteiger partial charge in [-0.25, -0.2) is 0 Å². The van der Waals surface area contributed by atoms with E-state index in [1.54, 1.807) is 13.2 Å². The highest BCUT2D eigenvalue weighted by molar-refractivity contribution is 5.94. The first kappa shape index (κ1) is 15.1. The zero-order valence-corrected chi connectivity index (χ0v) is 12.3. The van der Waals surface area contributed by atoms with Crippen LogP contribution in [0.4, 0.5) is 0 Å². The molecule has 3 N–H and O–H groups in total. The second-order valence-electron chi connectivity index (χ2n) is 4.87. The van der Waals surface area contributed by atoms with E-state index in [1.165, 1.54) is 0 Å². The predicted molar refractivity (Wildman–Crippen MR) is 83.2 cm³/mol. The summed E-state index contributed by atoms with van der Waals surface area (Å²) in [6.45, 7) is 2.38. The molecule has 0 aliphatic heterocycles. The van der Waals surface area contributed by atoms with Crippen molar-refractivity contribution in [1.29, 1.82) is 0 Å².